The Morgan fingerprint density at radius 3 is 2.33 bits per heavy atom. The highest BCUT2D eigenvalue weighted by molar-refractivity contribution is 5.47. The molecule has 18 heavy (non-hydrogen) atoms. The lowest BCUT2D eigenvalue weighted by atomic mass is 10.1. The fourth-order valence-corrected chi connectivity index (χ4v) is 2.05. The van der Waals surface area contributed by atoms with Gasteiger partial charge < -0.3 is 10.6 Å². The van der Waals surface area contributed by atoms with Crippen LogP contribution in [0.3, 0.4) is 0 Å². The van der Waals surface area contributed by atoms with Crippen LogP contribution < -0.4 is 10.6 Å². The molecule has 1 saturated heterocycles. The molecule has 2 rings (SSSR count). The van der Waals surface area contributed by atoms with Gasteiger partial charge in [0.05, 0.1) is 0 Å². The van der Waals surface area contributed by atoms with E-state index in [1.54, 1.807) is 0 Å². The predicted octanol–water partition coefficient (Wildman–Crippen LogP) is 2.80. The van der Waals surface area contributed by atoms with E-state index in [4.69, 9.17) is 0 Å². The summed E-state index contributed by atoms with van der Waals surface area (Å²) in [6.45, 7) is 1.07. The fraction of sp³-hybridized carbons (Fsp3) is 0.500. The molecule has 100 valence electrons. The van der Waals surface area contributed by atoms with Crippen LogP contribution in [-0.4, -0.2) is 19.1 Å². The Kier molecular flexibility index (Phi) is 4.06. The molecule has 0 aliphatic carbocycles. The average Bonchev–Trinajstić information content (AvgIpc) is 2.38. The van der Waals surface area contributed by atoms with Gasteiger partial charge in [0.1, 0.15) is 5.69 Å². The molecule has 2 nitrogen and oxygen atoms in total. The summed E-state index contributed by atoms with van der Waals surface area (Å²) in [5.41, 5.74) is -0.736. The Morgan fingerprint density at radius 1 is 1.11 bits per heavy atom. The summed E-state index contributed by atoms with van der Waals surface area (Å²) in [5.74, 6) is -5.56. The van der Waals surface area contributed by atoms with E-state index in [9.17, 15) is 17.6 Å². The zero-order chi connectivity index (χ0) is 13.1. The second-order valence-corrected chi connectivity index (χ2v) is 4.37. The van der Waals surface area contributed by atoms with Gasteiger partial charge in [0, 0.05) is 18.7 Å². The number of anilines is 1. The highest BCUT2D eigenvalue weighted by Gasteiger charge is 2.20. The van der Waals surface area contributed by atoms with E-state index in [2.05, 4.69) is 10.6 Å². The largest absolute Gasteiger partial charge is 0.379 e. The van der Waals surface area contributed by atoms with E-state index < -0.39 is 29.0 Å². The lowest BCUT2D eigenvalue weighted by Gasteiger charge is -2.24. The van der Waals surface area contributed by atoms with Crippen molar-refractivity contribution in [2.24, 2.45) is 0 Å². The first-order chi connectivity index (χ1) is 8.59. The minimum atomic E-state index is -1.40. The first kappa shape index (κ1) is 13.1. The van der Waals surface area contributed by atoms with Crippen LogP contribution in [0.2, 0.25) is 0 Å². The molecule has 1 aliphatic heterocycles. The van der Waals surface area contributed by atoms with Crippen molar-refractivity contribution >= 4 is 5.69 Å². The van der Waals surface area contributed by atoms with Gasteiger partial charge in [-0.1, -0.05) is 6.42 Å². The topological polar surface area (TPSA) is 24.1 Å². The van der Waals surface area contributed by atoms with Gasteiger partial charge in [-0.2, -0.15) is 0 Å². The highest BCUT2D eigenvalue weighted by atomic mass is 19.2. The van der Waals surface area contributed by atoms with Gasteiger partial charge in [0.2, 0.25) is 0 Å². The van der Waals surface area contributed by atoms with Crippen molar-refractivity contribution in [2.75, 3.05) is 18.4 Å². The van der Waals surface area contributed by atoms with Gasteiger partial charge in [-0.05, 0) is 19.4 Å². The predicted molar refractivity (Wildman–Crippen MR) is 60.4 cm³/mol. The molecule has 6 heteroatoms. The lowest BCUT2D eigenvalue weighted by Crippen LogP contribution is -2.39. The van der Waals surface area contributed by atoms with Crippen LogP contribution >= 0.6 is 0 Å². The van der Waals surface area contributed by atoms with Crippen molar-refractivity contribution in [3.05, 3.63) is 29.3 Å². The van der Waals surface area contributed by atoms with E-state index in [0.29, 0.717) is 0 Å². The first-order valence-corrected chi connectivity index (χ1v) is 5.90. The molecule has 0 aromatic heterocycles. The van der Waals surface area contributed by atoms with Crippen molar-refractivity contribution in [3.63, 3.8) is 0 Å². The zero-order valence-corrected chi connectivity index (χ0v) is 9.70. The Morgan fingerprint density at radius 2 is 1.78 bits per heavy atom. The Labute approximate surface area is 102 Å². The van der Waals surface area contributed by atoms with Crippen molar-refractivity contribution in [1.29, 1.82) is 0 Å². The molecular formula is C12H14F4N2. The van der Waals surface area contributed by atoms with Gasteiger partial charge >= 0.3 is 0 Å². The monoisotopic (exact) mass is 262 g/mol. The number of nitrogens with one attached hydrogen (secondary N) is 2. The average molecular weight is 262 g/mol. The molecule has 1 aromatic rings. The van der Waals surface area contributed by atoms with Crippen molar-refractivity contribution in [1.82, 2.24) is 5.32 Å². The summed E-state index contributed by atoms with van der Waals surface area (Å²) in [6, 6.07) is 0.262. The molecule has 0 amide bonds. The van der Waals surface area contributed by atoms with Crippen LogP contribution in [0.25, 0.3) is 0 Å². The van der Waals surface area contributed by atoms with Crippen LogP contribution in [0.15, 0.2) is 6.07 Å². The second kappa shape index (κ2) is 5.56. The van der Waals surface area contributed by atoms with Crippen LogP contribution in [0, 0.1) is 23.3 Å². The highest BCUT2D eigenvalue weighted by Crippen LogP contribution is 2.24. The maximum atomic E-state index is 13.3. The molecule has 1 fully saturated rings. The van der Waals surface area contributed by atoms with Crippen molar-refractivity contribution < 1.29 is 17.6 Å². The Hall–Kier alpha value is -1.30. The molecule has 1 unspecified atom stereocenters. The molecular weight excluding hydrogens is 248 g/mol. The van der Waals surface area contributed by atoms with Crippen molar-refractivity contribution in [2.45, 2.75) is 25.3 Å². The van der Waals surface area contributed by atoms with Gasteiger partial charge in [-0.15, -0.1) is 0 Å². The smallest absolute Gasteiger partial charge is 0.185 e. The normalized spacial score (nSPS) is 19.9. The summed E-state index contributed by atoms with van der Waals surface area (Å²) >= 11 is 0. The number of rotatable bonds is 3. The summed E-state index contributed by atoms with van der Waals surface area (Å²) < 4.78 is 52.6. The van der Waals surface area contributed by atoms with E-state index in [0.717, 1.165) is 25.8 Å². The Bertz CT molecular complexity index is 404. The third kappa shape index (κ3) is 2.75. The van der Waals surface area contributed by atoms with Crippen LogP contribution in [0.5, 0.6) is 0 Å². The molecule has 1 aliphatic rings. The molecule has 0 spiro atoms. The fourth-order valence-electron chi connectivity index (χ4n) is 2.05. The maximum absolute atomic E-state index is 13.3. The summed E-state index contributed by atoms with van der Waals surface area (Å²) in [6.07, 6.45) is 2.96. The maximum Gasteiger partial charge on any atom is 0.185 e. The molecule has 1 atom stereocenters. The number of piperidine rings is 1. The van der Waals surface area contributed by atoms with E-state index in [1.807, 2.05) is 0 Å². The van der Waals surface area contributed by atoms with Gasteiger partial charge in [-0.3, -0.25) is 0 Å². The first-order valence-electron chi connectivity index (χ1n) is 5.90. The van der Waals surface area contributed by atoms with Gasteiger partial charge in [0.25, 0.3) is 0 Å². The molecule has 1 heterocycles. The number of benzene rings is 1. The number of hydrogen-bond acceptors (Lipinski definition) is 2. The van der Waals surface area contributed by atoms with Gasteiger partial charge in [0.15, 0.2) is 23.3 Å². The standard InChI is InChI=1S/C12H14F4N2/c13-8-5-9(14)11(16)12(10(8)15)18-6-7-3-1-2-4-17-7/h5,7,17-18H,1-4,6H2. The quantitative estimate of drug-likeness (QED) is 0.646. The molecule has 0 radical (unpaired) electrons. The van der Waals surface area contributed by atoms with Crippen LogP contribution in [-0.2, 0) is 0 Å². The molecule has 0 saturated carbocycles. The van der Waals surface area contributed by atoms with E-state index in [1.165, 1.54) is 0 Å². The molecule has 1 aromatic carbocycles. The minimum absolute atomic E-state index is 0.0591. The summed E-state index contributed by atoms with van der Waals surface area (Å²) in [7, 11) is 0. The number of halogens is 4. The summed E-state index contributed by atoms with van der Waals surface area (Å²) in [5, 5.41) is 5.60. The van der Waals surface area contributed by atoms with Crippen LogP contribution in [0.1, 0.15) is 19.3 Å². The zero-order valence-electron chi connectivity index (χ0n) is 9.70. The third-order valence-corrected chi connectivity index (χ3v) is 3.05. The molecule has 0 bridgehead atoms. The van der Waals surface area contributed by atoms with E-state index in [-0.39, 0.29) is 18.7 Å². The number of hydrogen-bond donors (Lipinski definition) is 2. The minimum Gasteiger partial charge on any atom is -0.379 e. The second-order valence-electron chi connectivity index (χ2n) is 4.37. The lowest BCUT2D eigenvalue weighted by molar-refractivity contribution is 0.411. The third-order valence-electron chi connectivity index (χ3n) is 3.05. The van der Waals surface area contributed by atoms with Crippen LogP contribution in [0.4, 0.5) is 23.2 Å². The van der Waals surface area contributed by atoms with Gasteiger partial charge in [-0.25, -0.2) is 17.6 Å². The van der Waals surface area contributed by atoms with Crippen molar-refractivity contribution in [3.8, 4) is 0 Å². The Balaban J connectivity index is 2.08. The van der Waals surface area contributed by atoms with E-state index >= 15 is 0 Å². The summed E-state index contributed by atoms with van der Waals surface area (Å²) in [4.78, 5) is 0. The molecule has 2 N–H and O–H groups in total. The SMILES string of the molecule is Fc1cc(F)c(F)c(NCC2CCCCN2)c1F.